The molecule has 0 fully saturated rings. The maximum atomic E-state index is 12.2. The van der Waals surface area contributed by atoms with E-state index in [4.69, 9.17) is 0 Å². The Kier molecular flexibility index (Phi) is 4.15. The van der Waals surface area contributed by atoms with Crippen LogP contribution >= 0.6 is 0 Å². The van der Waals surface area contributed by atoms with Gasteiger partial charge in [-0.3, -0.25) is 9.48 Å². The number of hydrogen-bond acceptors (Lipinski definition) is 3. The zero-order valence-electron chi connectivity index (χ0n) is 14.1. The number of rotatable bonds is 5. The van der Waals surface area contributed by atoms with Crippen molar-refractivity contribution in [3.8, 4) is 0 Å². The maximum Gasteiger partial charge on any atom is 0.224 e. The third kappa shape index (κ3) is 3.33. The van der Waals surface area contributed by atoms with Gasteiger partial charge in [0.2, 0.25) is 5.91 Å². The molecular formula is C18H22N4O2. The van der Waals surface area contributed by atoms with Crippen molar-refractivity contribution in [2.24, 2.45) is 7.05 Å². The van der Waals surface area contributed by atoms with Crippen LogP contribution in [0.2, 0.25) is 0 Å². The fraction of sp³-hybridized carbons (Fsp3) is 0.333. The van der Waals surface area contributed by atoms with Crippen molar-refractivity contribution in [1.29, 1.82) is 0 Å². The van der Waals surface area contributed by atoms with E-state index in [0.29, 0.717) is 5.56 Å². The van der Waals surface area contributed by atoms with E-state index in [2.05, 4.69) is 21.5 Å². The number of fused-ring (bicyclic) bond motifs is 1. The smallest absolute Gasteiger partial charge is 0.224 e. The van der Waals surface area contributed by atoms with Crippen molar-refractivity contribution in [3.63, 3.8) is 0 Å². The average Bonchev–Trinajstić information content (AvgIpc) is 3.12. The van der Waals surface area contributed by atoms with Crippen molar-refractivity contribution in [2.75, 3.05) is 6.54 Å². The molecule has 3 N–H and O–H groups in total. The van der Waals surface area contributed by atoms with Gasteiger partial charge < -0.3 is 15.4 Å². The number of H-pyrrole nitrogens is 1. The first-order chi connectivity index (χ1) is 11.3. The lowest BCUT2D eigenvalue weighted by Crippen LogP contribution is -2.39. The lowest BCUT2D eigenvalue weighted by Gasteiger charge is -2.22. The van der Waals surface area contributed by atoms with Crippen LogP contribution in [0.4, 0.5) is 0 Å². The Hall–Kier alpha value is -2.60. The molecule has 6 heteroatoms. The van der Waals surface area contributed by atoms with Crippen LogP contribution in [0.3, 0.4) is 0 Å². The fourth-order valence-corrected chi connectivity index (χ4v) is 2.75. The van der Waals surface area contributed by atoms with E-state index >= 15 is 0 Å². The van der Waals surface area contributed by atoms with Gasteiger partial charge in [-0.25, -0.2) is 0 Å². The molecule has 24 heavy (non-hydrogen) atoms. The third-order valence-electron chi connectivity index (χ3n) is 4.23. The number of aliphatic hydroxyl groups is 1. The topological polar surface area (TPSA) is 82.9 Å². The highest BCUT2D eigenvalue weighted by molar-refractivity contribution is 5.89. The van der Waals surface area contributed by atoms with E-state index in [1.54, 1.807) is 31.0 Å². The Balaban J connectivity index is 1.65. The molecule has 0 aliphatic carbocycles. The Labute approximate surface area is 140 Å². The van der Waals surface area contributed by atoms with Crippen LogP contribution in [0.5, 0.6) is 0 Å². The standard InChI is InChI=1S/C18H22N4O2/c1-12-4-5-15-13(8-19-16(15)6-12)7-17(23)20-11-18(2,24)14-9-21-22(3)10-14/h4-6,8-10,19,24H,7,11H2,1-3H3,(H,20,23). The first kappa shape index (κ1) is 16.3. The highest BCUT2D eigenvalue weighted by Gasteiger charge is 2.25. The first-order valence-corrected chi connectivity index (χ1v) is 7.90. The van der Waals surface area contributed by atoms with Gasteiger partial charge in [-0.05, 0) is 31.0 Å². The van der Waals surface area contributed by atoms with Crippen LogP contribution in [-0.4, -0.2) is 32.3 Å². The van der Waals surface area contributed by atoms with Crippen LogP contribution in [0.1, 0.15) is 23.6 Å². The number of nitrogens with zero attached hydrogens (tertiary/aromatic N) is 2. The second kappa shape index (κ2) is 6.13. The minimum atomic E-state index is -1.15. The molecule has 0 saturated carbocycles. The van der Waals surface area contributed by atoms with Gasteiger partial charge in [0.1, 0.15) is 5.60 Å². The Morgan fingerprint density at radius 2 is 2.25 bits per heavy atom. The zero-order valence-corrected chi connectivity index (χ0v) is 14.1. The SMILES string of the molecule is Cc1ccc2c(CC(=O)NCC(C)(O)c3cnn(C)c3)c[nH]c2c1. The number of carbonyl (C=O) groups is 1. The molecule has 1 atom stereocenters. The summed E-state index contributed by atoms with van der Waals surface area (Å²) in [7, 11) is 1.79. The number of benzene rings is 1. The van der Waals surface area contributed by atoms with E-state index in [1.807, 2.05) is 25.3 Å². The van der Waals surface area contributed by atoms with Crippen molar-refractivity contribution >= 4 is 16.8 Å². The molecule has 0 saturated heterocycles. The quantitative estimate of drug-likeness (QED) is 0.668. The van der Waals surface area contributed by atoms with Crippen LogP contribution in [-0.2, 0) is 23.9 Å². The number of hydrogen-bond donors (Lipinski definition) is 3. The summed E-state index contributed by atoms with van der Waals surface area (Å²) in [6, 6.07) is 6.12. The summed E-state index contributed by atoms with van der Waals surface area (Å²) in [4.78, 5) is 15.4. The summed E-state index contributed by atoms with van der Waals surface area (Å²) in [5.74, 6) is -0.124. The summed E-state index contributed by atoms with van der Waals surface area (Å²) in [6.07, 6.45) is 5.48. The first-order valence-electron chi connectivity index (χ1n) is 7.90. The number of carbonyl (C=O) groups excluding carboxylic acids is 1. The molecule has 1 aromatic carbocycles. The predicted molar refractivity (Wildman–Crippen MR) is 92.5 cm³/mol. The van der Waals surface area contributed by atoms with E-state index < -0.39 is 5.60 Å². The molecule has 1 unspecified atom stereocenters. The predicted octanol–water partition coefficient (Wildman–Crippen LogP) is 1.78. The molecule has 0 spiro atoms. The number of amides is 1. The molecule has 3 rings (SSSR count). The molecule has 3 aromatic rings. The molecule has 2 heterocycles. The fourth-order valence-electron chi connectivity index (χ4n) is 2.75. The van der Waals surface area contributed by atoms with Gasteiger partial charge in [-0.2, -0.15) is 5.10 Å². The lowest BCUT2D eigenvalue weighted by molar-refractivity contribution is -0.121. The highest BCUT2D eigenvalue weighted by Crippen LogP contribution is 2.21. The molecular weight excluding hydrogens is 304 g/mol. The van der Waals surface area contributed by atoms with Gasteiger partial charge in [0, 0.05) is 35.9 Å². The highest BCUT2D eigenvalue weighted by atomic mass is 16.3. The summed E-state index contributed by atoms with van der Waals surface area (Å²) < 4.78 is 1.62. The number of aryl methyl sites for hydroxylation is 2. The third-order valence-corrected chi connectivity index (χ3v) is 4.23. The molecule has 0 aliphatic rings. The number of nitrogens with one attached hydrogen (secondary N) is 2. The molecule has 126 valence electrons. The lowest BCUT2D eigenvalue weighted by atomic mass is 9.99. The minimum Gasteiger partial charge on any atom is -0.383 e. The van der Waals surface area contributed by atoms with Crippen LogP contribution in [0.15, 0.2) is 36.8 Å². The van der Waals surface area contributed by atoms with Gasteiger partial charge in [-0.1, -0.05) is 12.1 Å². The molecule has 6 nitrogen and oxygen atoms in total. The molecule has 1 amide bonds. The molecule has 0 bridgehead atoms. The van der Waals surface area contributed by atoms with E-state index in [0.717, 1.165) is 16.5 Å². The Morgan fingerprint density at radius 1 is 1.46 bits per heavy atom. The van der Waals surface area contributed by atoms with Gasteiger partial charge in [-0.15, -0.1) is 0 Å². The molecule has 0 aliphatic heterocycles. The van der Waals surface area contributed by atoms with Gasteiger partial charge in [0.25, 0.3) is 0 Å². The summed E-state index contributed by atoms with van der Waals surface area (Å²) >= 11 is 0. The maximum absolute atomic E-state index is 12.2. The van der Waals surface area contributed by atoms with Crippen molar-refractivity contribution in [3.05, 3.63) is 53.5 Å². The molecule has 0 radical (unpaired) electrons. The van der Waals surface area contributed by atoms with E-state index in [9.17, 15) is 9.90 Å². The Morgan fingerprint density at radius 3 is 2.96 bits per heavy atom. The van der Waals surface area contributed by atoms with Crippen LogP contribution < -0.4 is 5.32 Å². The number of aromatic nitrogens is 3. The largest absolute Gasteiger partial charge is 0.383 e. The molecule has 2 aromatic heterocycles. The zero-order chi connectivity index (χ0) is 17.3. The Bertz CT molecular complexity index is 876. The van der Waals surface area contributed by atoms with E-state index in [-0.39, 0.29) is 18.9 Å². The minimum absolute atomic E-state index is 0.124. The second-order valence-electron chi connectivity index (χ2n) is 6.49. The van der Waals surface area contributed by atoms with Crippen molar-refractivity contribution < 1.29 is 9.90 Å². The van der Waals surface area contributed by atoms with Gasteiger partial charge in [0.05, 0.1) is 19.2 Å². The summed E-state index contributed by atoms with van der Waals surface area (Å²) in [5.41, 5.74) is 2.67. The second-order valence-corrected chi connectivity index (χ2v) is 6.49. The monoisotopic (exact) mass is 326 g/mol. The van der Waals surface area contributed by atoms with Crippen molar-refractivity contribution in [1.82, 2.24) is 20.1 Å². The van der Waals surface area contributed by atoms with Gasteiger partial charge >= 0.3 is 0 Å². The average molecular weight is 326 g/mol. The van der Waals surface area contributed by atoms with Crippen molar-refractivity contribution in [2.45, 2.75) is 25.9 Å². The van der Waals surface area contributed by atoms with Gasteiger partial charge in [0.15, 0.2) is 0 Å². The van der Waals surface area contributed by atoms with Crippen LogP contribution in [0.25, 0.3) is 10.9 Å². The summed E-state index contributed by atoms with van der Waals surface area (Å²) in [5, 5.41) is 18.4. The summed E-state index contributed by atoms with van der Waals surface area (Å²) in [6.45, 7) is 3.84. The number of aromatic amines is 1. The van der Waals surface area contributed by atoms with E-state index in [1.165, 1.54) is 5.56 Å². The normalized spacial score (nSPS) is 13.8. The van der Waals surface area contributed by atoms with Crippen LogP contribution in [0, 0.1) is 6.92 Å².